The van der Waals surface area contributed by atoms with Crippen molar-refractivity contribution in [1.82, 2.24) is 9.88 Å². The lowest BCUT2D eigenvalue weighted by Crippen LogP contribution is -2.45. The summed E-state index contributed by atoms with van der Waals surface area (Å²) in [7, 11) is 0. The van der Waals surface area contributed by atoms with E-state index >= 15 is 0 Å². The van der Waals surface area contributed by atoms with Crippen molar-refractivity contribution >= 4 is 11.9 Å². The number of aliphatic carboxylic acids is 1. The molecule has 2 N–H and O–H groups in total. The topological polar surface area (TPSA) is 88.4 Å². The minimum Gasteiger partial charge on any atom is -0.480 e. The molecule has 0 aliphatic rings. The van der Waals surface area contributed by atoms with Crippen LogP contribution in [0.15, 0.2) is 29.2 Å². The molecule has 0 saturated heterocycles. The fourth-order valence-corrected chi connectivity index (χ4v) is 1.80. The number of carboxylic acid groups (broad SMARTS) is 1. The number of hydrogen-bond donors (Lipinski definition) is 2. The van der Waals surface area contributed by atoms with E-state index in [1.54, 1.807) is 25.3 Å². The Labute approximate surface area is 117 Å². The molecule has 0 aromatic carbocycles. The molecule has 1 amide bonds. The first-order valence-electron chi connectivity index (χ1n) is 6.63. The van der Waals surface area contributed by atoms with Crippen molar-refractivity contribution in [3.8, 4) is 0 Å². The van der Waals surface area contributed by atoms with Crippen LogP contribution >= 0.6 is 0 Å². The predicted molar refractivity (Wildman–Crippen MR) is 74.3 cm³/mol. The second kappa shape index (κ2) is 7.47. The van der Waals surface area contributed by atoms with Gasteiger partial charge in [0.25, 0.3) is 5.56 Å². The standard InChI is InChI=1S/C14H20N2O4/c1-3-10(2)13(14(19)20)15-11(17)7-9-16-8-5-4-6-12(16)18/h4-6,8,10,13H,3,7,9H2,1-2H3,(H,15,17)(H,19,20)/t10-,13-/m0/s1. The normalized spacial score (nSPS) is 13.5. The van der Waals surface area contributed by atoms with Gasteiger partial charge in [0.1, 0.15) is 6.04 Å². The van der Waals surface area contributed by atoms with Crippen molar-refractivity contribution in [2.75, 3.05) is 0 Å². The zero-order valence-electron chi connectivity index (χ0n) is 11.7. The van der Waals surface area contributed by atoms with Crippen LogP contribution in [0.25, 0.3) is 0 Å². The highest BCUT2D eigenvalue weighted by molar-refractivity contribution is 5.83. The monoisotopic (exact) mass is 280 g/mol. The van der Waals surface area contributed by atoms with Gasteiger partial charge in [0.05, 0.1) is 0 Å². The summed E-state index contributed by atoms with van der Waals surface area (Å²) in [6.45, 7) is 3.88. The largest absolute Gasteiger partial charge is 0.480 e. The van der Waals surface area contributed by atoms with Crippen LogP contribution in [0.1, 0.15) is 26.7 Å². The zero-order chi connectivity index (χ0) is 15.1. The molecule has 1 rings (SSSR count). The summed E-state index contributed by atoms with van der Waals surface area (Å²) in [5, 5.41) is 11.6. The fraction of sp³-hybridized carbons (Fsp3) is 0.500. The quantitative estimate of drug-likeness (QED) is 0.775. The molecule has 6 heteroatoms. The van der Waals surface area contributed by atoms with Gasteiger partial charge in [-0.1, -0.05) is 26.3 Å². The molecule has 0 aliphatic heterocycles. The maximum absolute atomic E-state index is 11.8. The van der Waals surface area contributed by atoms with Gasteiger partial charge in [0, 0.05) is 25.2 Å². The summed E-state index contributed by atoms with van der Waals surface area (Å²) < 4.78 is 1.42. The molecule has 0 fully saturated rings. The fourth-order valence-electron chi connectivity index (χ4n) is 1.80. The highest BCUT2D eigenvalue weighted by atomic mass is 16.4. The van der Waals surface area contributed by atoms with Gasteiger partial charge in [-0.25, -0.2) is 4.79 Å². The summed E-state index contributed by atoms with van der Waals surface area (Å²) >= 11 is 0. The number of nitrogens with one attached hydrogen (secondary N) is 1. The maximum Gasteiger partial charge on any atom is 0.326 e. The molecule has 0 saturated carbocycles. The van der Waals surface area contributed by atoms with Crippen LogP contribution in [0.4, 0.5) is 0 Å². The van der Waals surface area contributed by atoms with Crippen LogP contribution in [0.3, 0.4) is 0 Å². The number of nitrogens with zero attached hydrogens (tertiary/aromatic N) is 1. The first-order chi connectivity index (χ1) is 9.45. The summed E-state index contributed by atoms with van der Waals surface area (Å²) in [5.74, 6) is -1.55. The van der Waals surface area contributed by atoms with Crippen LogP contribution in [-0.2, 0) is 16.1 Å². The van der Waals surface area contributed by atoms with E-state index in [1.807, 2.05) is 6.92 Å². The lowest BCUT2D eigenvalue weighted by atomic mass is 9.99. The molecule has 110 valence electrons. The first kappa shape index (κ1) is 15.9. The van der Waals surface area contributed by atoms with Gasteiger partial charge in [-0.15, -0.1) is 0 Å². The lowest BCUT2D eigenvalue weighted by molar-refractivity contribution is -0.143. The average molecular weight is 280 g/mol. The van der Waals surface area contributed by atoms with Crippen molar-refractivity contribution < 1.29 is 14.7 Å². The molecule has 1 aromatic heterocycles. The number of carbonyl (C=O) groups excluding carboxylic acids is 1. The summed E-state index contributed by atoms with van der Waals surface area (Å²) in [4.78, 5) is 34.3. The van der Waals surface area contributed by atoms with E-state index in [0.717, 1.165) is 0 Å². The molecule has 6 nitrogen and oxygen atoms in total. The van der Waals surface area contributed by atoms with Crippen molar-refractivity contribution in [2.24, 2.45) is 5.92 Å². The molecular weight excluding hydrogens is 260 g/mol. The van der Waals surface area contributed by atoms with E-state index in [4.69, 9.17) is 5.11 Å². The Kier molecular flexibility index (Phi) is 5.96. The van der Waals surface area contributed by atoms with Crippen LogP contribution in [0, 0.1) is 5.92 Å². The number of aryl methyl sites for hydroxylation is 1. The number of amides is 1. The van der Waals surface area contributed by atoms with Crippen molar-refractivity contribution in [1.29, 1.82) is 0 Å². The SMILES string of the molecule is CC[C@H](C)[C@H](NC(=O)CCn1ccccc1=O)C(=O)O. The predicted octanol–water partition coefficient (Wildman–Crippen LogP) is 0.854. The Bertz CT molecular complexity index is 524. The Morgan fingerprint density at radius 3 is 2.65 bits per heavy atom. The van der Waals surface area contributed by atoms with E-state index < -0.39 is 12.0 Å². The van der Waals surface area contributed by atoms with Gasteiger partial charge in [-0.2, -0.15) is 0 Å². The van der Waals surface area contributed by atoms with E-state index in [1.165, 1.54) is 10.6 Å². The van der Waals surface area contributed by atoms with Crippen LogP contribution in [0.2, 0.25) is 0 Å². The Balaban J connectivity index is 2.57. The molecule has 0 aliphatic carbocycles. The molecule has 1 heterocycles. The summed E-state index contributed by atoms with van der Waals surface area (Å²) in [6.07, 6.45) is 2.33. The first-order valence-corrected chi connectivity index (χ1v) is 6.63. The smallest absolute Gasteiger partial charge is 0.326 e. The van der Waals surface area contributed by atoms with Crippen molar-refractivity contribution in [3.05, 3.63) is 34.7 Å². The number of rotatable bonds is 7. The molecule has 0 radical (unpaired) electrons. The number of pyridine rings is 1. The molecule has 1 aromatic rings. The van der Waals surface area contributed by atoms with E-state index in [9.17, 15) is 14.4 Å². The van der Waals surface area contributed by atoms with Crippen LogP contribution in [0.5, 0.6) is 0 Å². The summed E-state index contributed by atoms with van der Waals surface area (Å²) in [5.41, 5.74) is -0.183. The van der Waals surface area contributed by atoms with Crippen LogP contribution < -0.4 is 10.9 Å². The second-order valence-electron chi connectivity index (χ2n) is 4.75. The Morgan fingerprint density at radius 1 is 1.40 bits per heavy atom. The summed E-state index contributed by atoms with van der Waals surface area (Å²) in [6, 6.07) is 3.86. The maximum atomic E-state index is 11.8. The number of hydrogen-bond acceptors (Lipinski definition) is 3. The second-order valence-corrected chi connectivity index (χ2v) is 4.75. The van der Waals surface area contributed by atoms with E-state index in [2.05, 4.69) is 5.32 Å². The molecule has 20 heavy (non-hydrogen) atoms. The van der Waals surface area contributed by atoms with Crippen molar-refractivity contribution in [3.63, 3.8) is 0 Å². The van der Waals surface area contributed by atoms with Gasteiger partial charge in [0.15, 0.2) is 0 Å². The third-order valence-electron chi connectivity index (χ3n) is 3.27. The molecular formula is C14H20N2O4. The van der Waals surface area contributed by atoms with Gasteiger partial charge in [-0.05, 0) is 12.0 Å². The van der Waals surface area contributed by atoms with Crippen molar-refractivity contribution in [2.45, 2.75) is 39.3 Å². The van der Waals surface area contributed by atoms with E-state index in [-0.39, 0.29) is 30.3 Å². The minimum atomic E-state index is -1.04. The van der Waals surface area contributed by atoms with Gasteiger partial charge in [0.2, 0.25) is 5.91 Å². The number of carboxylic acids is 1. The molecule has 0 spiro atoms. The third kappa shape index (κ3) is 4.53. The average Bonchev–Trinajstić information content (AvgIpc) is 2.42. The lowest BCUT2D eigenvalue weighted by Gasteiger charge is -2.20. The minimum absolute atomic E-state index is 0.0735. The van der Waals surface area contributed by atoms with Gasteiger partial charge < -0.3 is 15.0 Å². The Morgan fingerprint density at radius 2 is 2.10 bits per heavy atom. The molecule has 0 bridgehead atoms. The molecule has 2 atom stereocenters. The molecule has 0 unspecified atom stereocenters. The van der Waals surface area contributed by atoms with Crippen LogP contribution in [-0.4, -0.2) is 27.6 Å². The zero-order valence-corrected chi connectivity index (χ0v) is 11.7. The van der Waals surface area contributed by atoms with Gasteiger partial charge >= 0.3 is 5.97 Å². The third-order valence-corrected chi connectivity index (χ3v) is 3.27. The number of aromatic nitrogens is 1. The highest BCUT2D eigenvalue weighted by Crippen LogP contribution is 2.08. The number of carbonyl (C=O) groups is 2. The van der Waals surface area contributed by atoms with Gasteiger partial charge in [-0.3, -0.25) is 9.59 Å². The van der Waals surface area contributed by atoms with E-state index in [0.29, 0.717) is 6.42 Å². The Hall–Kier alpha value is -2.11. The highest BCUT2D eigenvalue weighted by Gasteiger charge is 2.24.